The van der Waals surface area contributed by atoms with E-state index in [1.165, 1.54) is 12.1 Å². The number of hydrogen-bond acceptors (Lipinski definition) is 5. The SMILES string of the molecule is Cc1ccc(Cl)c(OS(=O)(=O)c2ccc([N+](=O)[O-])cc2)c1. The summed E-state index contributed by atoms with van der Waals surface area (Å²) in [6, 6.07) is 9.13. The molecule has 2 aromatic carbocycles. The van der Waals surface area contributed by atoms with E-state index in [2.05, 4.69) is 0 Å². The molecular formula is C13H10ClNO5S. The number of non-ortho nitro benzene ring substituents is 1. The van der Waals surface area contributed by atoms with Crippen molar-refractivity contribution < 1.29 is 17.5 Å². The average Bonchev–Trinajstić information content (AvgIpc) is 2.43. The topological polar surface area (TPSA) is 86.5 Å². The molecule has 0 spiro atoms. The van der Waals surface area contributed by atoms with Crippen molar-refractivity contribution in [3.63, 3.8) is 0 Å². The van der Waals surface area contributed by atoms with Crippen molar-refractivity contribution in [2.24, 2.45) is 0 Å². The van der Waals surface area contributed by atoms with Gasteiger partial charge in [-0.2, -0.15) is 8.42 Å². The average molecular weight is 328 g/mol. The van der Waals surface area contributed by atoms with Gasteiger partial charge in [0.05, 0.1) is 9.95 Å². The van der Waals surface area contributed by atoms with Crippen LogP contribution in [0.1, 0.15) is 5.56 Å². The molecular weight excluding hydrogens is 318 g/mol. The van der Waals surface area contributed by atoms with Gasteiger partial charge in [-0.05, 0) is 36.8 Å². The molecule has 110 valence electrons. The Morgan fingerprint density at radius 1 is 1.14 bits per heavy atom. The van der Waals surface area contributed by atoms with E-state index in [0.29, 0.717) is 0 Å². The predicted molar refractivity (Wildman–Crippen MR) is 77.1 cm³/mol. The van der Waals surface area contributed by atoms with Gasteiger partial charge in [0, 0.05) is 12.1 Å². The summed E-state index contributed by atoms with van der Waals surface area (Å²) in [5.74, 6) is 0.00928. The summed E-state index contributed by atoms with van der Waals surface area (Å²) in [6.07, 6.45) is 0. The zero-order valence-electron chi connectivity index (χ0n) is 10.8. The quantitative estimate of drug-likeness (QED) is 0.488. The fourth-order valence-corrected chi connectivity index (χ4v) is 2.72. The zero-order valence-corrected chi connectivity index (χ0v) is 12.4. The summed E-state index contributed by atoms with van der Waals surface area (Å²) in [5, 5.41) is 10.7. The minimum absolute atomic E-state index is 0.00928. The maximum absolute atomic E-state index is 12.1. The van der Waals surface area contributed by atoms with E-state index in [1.54, 1.807) is 13.0 Å². The molecule has 0 fully saturated rings. The first kappa shape index (κ1) is 15.3. The number of nitrogens with zero attached hydrogens (tertiary/aromatic N) is 1. The summed E-state index contributed by atoms with van der Waals surface area (Å²) >= 11 is 5.88. The predicted octanol–water partition coefficient (Wildman–Crippen LogP) is 3.32. The lowest BCUT2D eigenvalue weighted by Gasteiger charge is -2.09. The van der Waals surface area contributed by atoms with Gasteiger partial charge in [-0.3, -0.25) is 10.1 Å². The van der Waals surface area contributed by atoms with Gasteiger partial charge in [0.2, 0.25) is 0 Å². The fourth-order valence-electron chi connectivity index (χ4n) is 1.58. The number of halogens is 1. The molecule has 0 radical (unpaired) electrons. The van der Waals surface area contributed by atoms with Crippen LogP contribution in [0.3, 0.4) is 0 Å². The molecule has 0 unspecified atom stereocenters. The van der Waals surface area contributed by atoms with Crippen LogP contribution < -0.4 is 4.18 Å². The van der Waals surface area contributed by atoms with Crippen molar-refractivity contribution in [2.75, 3.05) is 0 Å². The molecule has 2 aromatic rings. The number of aryl methyl sites for hydroxylation is 1. The summed E-state index contributed by atoms with van der Waals surface area (Å²) in [4.78, 5) is 9.74. The molecule has 0 saturated carbocycles. The van der Waals surface area contributed by atoms with Crippen LogP contribution in [0.5, 0.6) is 5.75 Å². The van der Waals surface area contributed by atoms with Crippen LogP contribution in [0.15, 0.2) is 47.4 Å². The highest BCUT2D eigenvalue weighted by Gasteiger charge is 2.19. The number of hydrogen-bond donors (Lipinski definition) is 0. The third-order valence-electron chi connectivity index (χ3n) is 2.62. The summed E-state index contributed by atoms with van der Waals surface area (Å²) in [7, 11) is -4.10. The van der Waals surface area contributed by atoms with Gasteiger partial charge in [-0.25, -0.2) is 0 Å². The van der Waals surface area contributed by atoms with Gasteiger partial charge in [-0.1, -0.05) is 17.7 Å². The van der Waals surface area contributed by atoms with Crippen molar-refractivity contribution >= 4 is 27.4 Å². The molecule has 8 heteroatoms. The van der Waals surface area contributed by atoms with Crippen molar-refractivity contribution in [3.8, 4) is 5.75 Å². The van der Waals surface area contributed by atoms with Crippen LogP contribution in [-0.4, -0.2) is 13.3 Å². The van der Waals surface area contributed by atoms with E-state index in [-0.39, 0.29) is 21.4 Å². The van der Waals surface area contributed by atoms with Crippen molar-refractivity contribution in [3.05, 3.63) is 63.2 Å². The molecule has 0 aliphatic heterocycles. The molecule has 0 bridgehead atoms. The zero-order chi connectivity index (χ0) is 15.6. The molecule has 0 aromatic heterocycles. The largest absolute Gasteiger partial charge is 0.377 e. The minimum atomic E-state index is -4.10. The summed E-state index contributed by atoms with van der Waals surface area (Å²) < 4.78 is 29.2. The highest BCUT2D eigenvalue weighted by molar-refractivity contribution is 7.87. The molecule has 0 heterocycles. The third kappa shape index (κ3) is 3.50. The van der Waals surface area contributed by atoms with Crippen LogP contribution in [-0.2, 0) is 10.1 Å². The number of benzene rings is 2. The first-order valence-corrected chi connectivity index (χ1v) is 7.53. The molecule has 2 rings (SSSR count). The van der Waals surface area contributed by atoms with Gasteiger partial charge < -0.3 is 4.18 Å². The van der Waals surface area contributed by atoms with Crippen LogP contribution >= 0.6 is 11.6 Å². The standard InChI is InChI=1S/C13H10ClNO5S/c1-9-2-7-12(14)13(8-9)20-21(18,19)11-5-3-10(4-6-11)15(16)17/h2-8H,1H3. The molecule has 0 atom stereocenters. The lowest BCUT2D eigenvalue weighted by molar-refractivity contribution is -0.384. The molecule has 6 nitrogen and oxygen atoms in total. The normalized spacial score (nSPS) is 11.1. The lowest BCUT2D eigenvalue weighted by atomic mass is 10.2. The fraction of sp³-hybridized carbons (Fsp3) is 0.0769. The Labute approximate surface area is 126 Å². The molecule has 0 aliphatic rings. The van der Waals surface area contributed by atoms with E-state index in [1.807, 2.05) is 0 Å². The van der Waals surface area contributed by atoms with Gasteiger partial charge in [0.15, 0.2) is 5.75 Å². The molecule has 0 saturated heterocycles. The molecule has 0 aliphatic carbocycles. The Morgan fingerprint density at radius 3 is 2.33 bits per heavy atom. The number of rotatable bonds is 4. The summed E-state index contributed by atoms with van der Waals surface area (Å²) in [5.41, 5.74) is 0.579. The monoisotopic (exact) mass is 327 g/mol. The van der Waals surface area contributed by atoms with E-state index in [9.17, 15) is 18.5 Å². The Bertz CT molecular complexity index is 787. The van der Waals surface area contributed by atoms with Gasteiger partial charge in [0.1, 0.15) is 4.90 Å². The Balaban J connectivity index is 2.34. The van der Waals surface area contributed by atoms with Gasteiger partial charge in [-0.15, -0.1) is 0 Å². The van der Waals surface area contributed by atoms with Crippen LogP contribution in [0.25, 0.3) is 0 Å². The van der Waals surface area contributed by atoms with Crippen molar-refractivity contribution in [1.82, 2.24) is 0 Å². The smallest absolute Gasteiger partial charge is 0.339 e. The van der Waals surface area contributed by atoms with E-state index in [0.717, 1.165) is 29.8 Å². The van der Waals surface area contributed by atoms with E-state index >= 15 is 0 Å². The van der Waals surface area contributed by atoms with Gasteiger partial charge >= 0.3 is 10.1 Å². The highest BCUT2D eigenvalue weighted by atomic mass is 35.5. The van der Waals surface area contributed by atoms with E-state index in [4.69, 9.17) is 15.8 Å². The molecule has 0 N–H and O–H groups in total. The first-order chi connectivity index (χ1) is 9.79. The number of nitro groups is 1. The van der Waals surface area contributed by atoms with Gasteiger partial charge in [0.25, 0.3) is 5.69 Å². The third-order valence-corrected chi connectivity index (χ3v) is 4.18. The van der Waals surface area contributed by atoms with Crippen LogP contribution in [0, 0.1) is 17.0 Å². The first-order valence-electron chi connectivity index (χ1n) is 5.75. The summed E-state index contributed by atoms with van der Waals surface area (Å²) in [6.45, 7) is 1.77. The second-order valence-corrected chi connectivity index (χ2v) is 6.18. The minimum Gasteiger partial charge on any atom is -0.377 e. The Morgan fingerprint density at radius 2 is 1.76 bits per heavy atom. The van der Waals surface area contributed by atoms with E-state index < -0.39 is 15.0 Å². The maximum Gasteiger partial charge on any atom is 0.339 e. The lowest BCUT2D eigenvalue weighted by Crippen LogP contribution is -2.10. The second-order valence-electron chi connectivity index (χ2n) is 4.22. The number of nitro benzene ring substituents is 1. The maximum atomic E-state index is 12.1. The van der Waals surface area contributed by atoms with Crippen molar-refractivity contribution in [2.45, 2.75) is 11.8 Å². The molecule has 21 heavy (non-hydrogen) atoms. The highest BCUT2D eigenvalue weighted by Crippen LogP contribution is 2.28. The van der Waals surface area contributed by atoms with Crippen LogP contribution in [0.4, 0.5) is 5.69 Å². The Kier molecular flexibility index (Phi) is 4.15. The van der Waals surface area contributed by atoms with Crippen LogP contribution in [0.2, 0.25) is 5.02 Å². The van der Waals surface area contributed by atoms with Crippen molar-refractivity contribution in [1.29, 1.82) is 0 Å². The second kappa shape index (κ2) is 5.71. The Hall–Kier alpha value is -2.12. The molecule has 0 amide bonds.